The SMILES string of the molecule is CC(=O)O[C@@H]1[C@H]2[C@H](C[C@@H](C)[C@H]3C=CC(=O)[C@]31C)OC(=O)[C@@H]2C. The minimum absolute atomic E-state index is 0.000789. The lowest BCUT2D eigenvalue weighted by Gasteiger charge is -2.40. The van der Waals surface area contributed by atoms with E-state index < -0.39 is 17.5 Å². The molecule has 0 aromatic rings. The standard InChI is InChI=1S/C17H22O5/c1-8-7-12-14(9(2)16(20)22-12)15(21-10(3)18)17(4)11(8)5-6-13(17)19/h5-6,8-9,11-12,14-15H,7H2,1-4H3/t8-,9-,11-,12+,14-,15-,17+/m1/s1. The highest BCUT2D eigenvalue weighted by molar-refractivity contribution is 5.98. The fourth-order valence-electron chi connectivity index (χ4n) is 4.61. The number of fused-ring (bicyclic) bond motifs is 2. The van der Waals surface area contributed by atoms with Gasteiger partial charge in [0.1, 0.15) is 12.2 Å². The minimum Gasteiger partial charge on any atom is -0.462 e. The summed E-state index contributed by atoms with van der Waals surface area (Å²) < 4.78 is 11.1. The van der Waals surface area contributed by atoms with Gasteiger partial charge in [0.2, 0.25) is 0 Å². The molecule has 1 saturated carbocycles. The molecule has 2 fully saturated rings. The number of rotatable bonds is 1. The zero-order valence-electron chi connectivity index (χ0n) is 13.4. The first-order valence-electron chi connectivity index (χ1n) is 7.87. The molecule has 120 valence electrons. The molecule has 1 saturated heterocycles. The van der Waals surface area contributed by atoms with Crippen molar-refractivity contribution in [2.75, 3.05) is 0 Å². The van der Waals surface area contributed by atoms with Crippen LogP contribution < -0.4 is 0 Å². The molecule has 0 unspecified atom stereocenters. The maximum atomic E-state index is 12.6. The summed E-state index contributed by atoms with van der Waals surface area (Å²) in [6.07, 6.45) is 3.30. The summed E-state index contributed by atoms with van der Waals surface area (Å²) in [4.78, 5) is 36.2. The molecule has 5 heteroatoms. The number of allylic oxidation sites excluding steroid dienone is 2. The number of ether oxygens (including phenoxy) is 2. The Morgan fingerprint density at radius 2 is 2.05 bits per heavy atom. The van der Waals surface area contributed by atoms with E-state index in [1.165, 1.54) is 6.92 Å². The monoisotopic (exact) mass is 306 g/mol. The Morgan fingerprint density at radius 3 is 2.68 bits per heavy atom. The van der Waals surface area contributed by atoms with Crippen LogP contribution in [0.4, 0.5) is 0 Å². The Hall–Kier alpha value is -1.65. The first-order chi connectivity index (χ1) is 10.3. The van der Waals surface area contributed by atoms with Crippen LogP contribution >= 0.6 is 0 Å². The first-order valence-corrected chi connectivity index (χ1v) is 7.87. The van der Waals surface area contributed by atoms with Crippen LogP contribution in [-0.4, -0.2) is 29.9 Å². The van der Waals surface area contributed by atoms with Crippen LogP contribution in [0.1, 0.15) is 34.1 Å². The smallest absolute Gasteiger partial charge is 0.309 e. The van der Waals surface area contributed by atoms with E-state index >= 15 is 0 Å². The number of carbonyl (C=O) groups excluding carboxylic acids is 3. The maximum Gasteiger partial charge on any atom is 0.309 e. The summed E-state index contributed by atoms with van der Waals surface area (Å²) in [5.41, 5.74) is -0.813. The van der Waals surface area contributed by atoms with Crippen molar-refractivity contribution in [1.82, 2.24) is 0 Å². The second kappa shape index (κ2) is 4.93. The van der Waals surface area contributed by atoms with Gasteiger partial charge in [-0.2, -0.15) is 0 Å². The van der Waals surface area contributed by atoms with Crippen molar-refractivity contribution >= 4 is 17.7 Å². The van der Waals surface area contributed by atoms with Crippen molar-refractivity contribution in [3.05, 3.63) is 12.2 Å². The van der Waals surface area contributed by atoms with E-state index in [-0.39, 0.29) is 41.5 Å². The van der Waals surface area contributed by atoms with E-state index in [9.17, 15) is 14.4 Å². The van der Waals surface area contributed by atoms with Crippen molar-refractivity contribution in [3.8, 4) is 0 Å². The summed E-state index contributed by atoms with van der Waals surface area (Å²) >= 11 is 0. The molecule has 0 aromatic carbocycles. The van der Waals surface area contributed by atoms with Gasteiger partial charge in [-0.1, -0.05) is 19.9 Å². The molecule has 0 bridgehead atoms. The first kappa shape index (κ1) is 15.3. The van der Waals surface area contributed by atoms with E-state index in [0.29, 0.717) is 6.42 Å². The molecule has 2 aliphatic carbocycles. The van der Waals surface area contributed by atoms with E-state index in [0.717, 1.165) is 0 Å². The number of carbonyl (C=O) groups is 3. The topological polar surface area (TPSA) is 69.7 Å². The minimum atomic E-state index is -0.813. The molecule has 7 atom stereocenters. The second-order valence-corrected chi connectivity index (χ2v) is 7.12. The average Bonchev–Trinajstić information content (AvgIpc) is 2.84. The third-order valence-electron chi connectivity index (χ3n) is 5.77. The summed E-state index contributed by atoms with van der Waals surface area (Å²) in [5.74, 6) is -1.17. The van der Waals surface area contributed by atoms with E-state index in [1.807, 2.05) is 13.0 Å². The van der Waals surface area contributed by atoms with Crippen molar-refractivity contribution in [1.29, 1.82) is 0 Å². The van der Waals surface area contributed by atoms with Gasteiger partial charge in [-0.3, -0.25) is 14.4 Å². The third kappa shape index (κ3) is 1.94. The molecule has 3 aliphatic rings. The Bertz CT molecular complexity index is 565. The highest BCUT2D eigenvalue weighted by Gasteiger charge is 2.62. The number of esters is 2. The quantitative estimate of drug-likeness (QED) is 0.692. The maximum absolute atomic E-state index is 12.6. The highest BCUT2D eigenvalue weighted by Crippen LogP contribution is 2.54. The highest BCUT2D eigenvalue weighted by atomic mass is 16.6. The Morgan fingerprint density at radius 1 is 1.36 bits per heavy atom. The molecule has 0 aromatic heterocycles. The van der Waals surface area contributed by atoms with E-state index in [1.54, 1.807) is 13.0 Å². The molecule has 0 spiro atoms. The van der Waals surface area contributed by atoms with Gasteiger partial charge in [0.15, 0.2) is 5.78 Å². The largest absolute Gasteiger partial charge is 0.462 e. The van der Waals surface area contributed by atoms with Gasteiger partial charge in [-0.25, -0.2) is 0 Å². The lowest BCUT2D eigenvalue weighted by Crippen LogP contribution is -2.50. The van der Waals surface area contributed by atoms with Crippen molar-refractivity contribution in [2.45, 2.75) is 46.3 Å². The van der Waals surface area contributed by atoms with Crippen LogP contribution in [0, 0.1) is 29.1 Å². The van der Waals surface area contributed by atoms with Crippen LogP contribution in [0.15, 0.2) is 12.2 Å². The fourth-order valence-corrected chi connectivity index (χ4v) is 4.61. The molecule has 0 N–H and O–H groups in total. The zero-order valence-corrected chi connectivity index (χ0v) is 13.4. The molecule has 22 heavy (non-hydrogen) atoms. The molecule has 5 nitrogen and oxygen atoms in total. The lowest BCUT2D eigenvalue weighted by atomic mass is 9.66. The fraction of sp³-hybridized carbons (Fsp3) is 0.706. The van der Waals surface area contributed by atoms with Crippen LogP contribution in [0.3, 0.4) is 0 Å². The van der Waals surface area contributed by atoms with Crippen LogP contribution in [-0.2, 0) is 23.9 Å². The molecule has 3 rings (SSSR count). The van der Waals surface area contributed by atoms with Crippen LogP contribution in [0.25, 0.3) is 0 Å². The molecule has 0 radical (unpaired) electrons. The van der Waals surface area contributed by atoms with Gasteiger partial charge in [-0.05, 0) is 31.3 Å². The normalized spacial score (nSPS) is 46.7. The van der Waals surface area contributed by atoms with Crippen LogP contribution in [0.5, 0.6) is 0 Å². The molecule has 1 aliphatic heterocycles. The molecule has 1 heterocycles. The van der Waals surface area contributed by atoms with E-state index in [2.05, 4.69) is 6.92 Å². The predicted molar refractivity (Wildman–Crippen MR) is 77.6 cm³/mol. The summed E-state index contributed by atoms with van der Waals surface area (Å²) in [6, 6.07) is 0. The van der Waals surface area contributed by atoms with Gasteiger partial charge in [0.05, 0.1) is 11.3 Å². The van der Waals surface area contributed by atoms with Crippen molar-refractivity contribution < 1.29 is 23.9 Å². The average molecular weight is 306 g/mol. The van der Waals surface area contributed by atoms with Gasteiger partial charge in [0.25, 0.3) is 0 Å². The zero-order chi connectivity index (χ0) is 16.2. The summed E-state index contributed by atoms with van der Waals surface area (Å²) in [6.45, 7) is 7.07. The molecular weight excluding hydrogens is 284 g/mol. The number of ketones is 1. The number of hydrogen-bond acceptors (Lipinski definition) is 5. The van der Waals surface area contributed by atoms with Gasteiger partial charge >= 0.3 is 11.9 Å². The molecular formula is C17H22O5. The van der Waals surface area contributed by atoms with Gasteiger partial charge in [-0.15, -0.1) is 0 Å². The molecule has 0 amide bonds. The summed E-state index contributed by atoms with van der Waals surface area (Å²) in [7, 11) is 0. The summed E-state index contributed by atoms with van der Waals surface area (Å²) in [5, 5.41) is 0. The number of hydrogen-bond donors (Lipinski definition) is 0. The van der Waals surface area contributed by atoms with Gasteiger partial charge in [0, 0.05) is 12.8 Å². The van der Waals surface area contributed by atoms with Crippen LogP contribution in [0.2, 0.25) is 0 Å². The van der Waals surface area contributed by atoms with Crippen molar-refractivity contribution in [3.63, 3.8) is 0 Å². The van der Waals surface area contributed by atoms with Gasteiger partial charge < -0.3 is 9.47 Å². The Labute approximate surface area is 130 Å². The Kier molecular flexibility index (Phi) is 3.42. The Balaban J connectivity index is 2.10. The van der Waals surface area contributed by atoms with E-state index in [4.69, 9.17) is 9.47 Å². The third-order valence-corrected chi connectivity index (χ3v) is 5.77. The van der Waals surface area contributed by atoms with Crippen molar-refractivity contribution in [2.24, 2.45) is 29.1 Å². The lowest BCUT2D eigenvalue weighted by molar-refractivity contribution is -0.165. The second-order valence-electron chi connectivity index (χ2n) is 7.12. The predicted octanol–water partition coefficient (Wildman–Crippen LogP) is 1.90.